The normalized spacial score (nSPS) is 21.7. The predicted octanol–water partition coefficient (Wildman–Crippen LogP) is 2.38. The van der Waals surface area contributed by atoms with Crippen LogP contribution in [0.4, 0.5) is 0 Å². The molecule has 1 aromatic heterocycles. The number of carbonyl (C=O) groups excluding carboxylic acids is 1. The average molecular weight is 282 g/mol. The highest BCUT2D eigenvalue weighted by Crippen LogP contribution is 2.28. The average Bonchev–Trinajstić information content (AvgIpc) is 2.57. The van der Waals surface area contributed by atoms with Crippen molar-refractivity contribution in [3.05, 3.63) is 66.0 Å². The van der Waals surface area contributed by atoms with Crippen molar-refractivity contribution in [3.63, 3.8) is 0 Å². The zero-order chi connectivity index (χ0) is 14.5. The molecule has 1 saturated heterocycles. The van der Waals surface area contributed by atoms with Crippen molar-refractivity contribution >= 4 is 5.97 Å². The maximum absolute atomic E-state index is 12.2. The molecule has 0 aliphatic carbocycles. The molecule has 0 radical (unpaired) electrons. The van der Waals surface area contributed by atoms with E-state index < -0.39 is 0 Å². The lowest BCUT2D eigenvalue weighted by atomic mass is 9.88. The van der Waals surface area contributed by atoms with Gasteiger partial charge in [-0.2, -0.15) is 0 Å². The van der Waals surface area contributed by atoms with Crippen LogP contribution in [0.25, 0.3) is 0 Å². The third-order valence-electron chi connectivity index (χ3n) is 3.83. The molecule has 2 atom stereocenters. The first-order valence-electron chi connectivity index (χ1n) is 7.21. The summed E-state index contributed by atoms with van der Waals surface area (Å²) in [5, 5.41) is 3.30. The molecule has 4 nitrogen and oxygen atoms in total. The smallest absolute Gasteiger partial charge is 0.338 e. The number of rotatable bonds is 3. The Labute approximate surface area is 124 Å². The molecule has 21 heavy (non-hydrogen) atoms. The lowest BCUT2D eigenvalue weighted by molar-refractivity contribution is 0.0182. The van der Waals surface area contributed by atoms with Gasteiger partial charge in [0, 0.05) is 24.9 Å². The van der Waals surface area contributed by atoms with E-state index >= 15 is 0 Å². The molecule has 108 valence electrons. The van der Waals surface area contributed by atoms with Crippen LogP contribution in [0.15, 0.2) is 54.9 Å². The Balaban J connectivity index is 1.75. The van der Waals surface area contributed by atoms with Crippen LogP contribution in [0.3, 0.4) is 0 Å². The van der Waals surface area contributed by atoms with Crippen molar-refractivity contribution in [2.45, 2.75) is 18.4 Å². The van der Waals surface area contributed by atoms with Crippen LogP contribution < -0.4 is 5.32 Å². The van der Waals surface area contributed by atoms with Crippen LogP contribution in [0.1, 0.15) is 28.3 Å². The van der Waals surface area contributed by atoms with E-state index in [0.29, 0.717) is 12.1 Å². The molecular formula is C17H18N2O2. The molecule has 1 unspecified atom stereocenters. The summed E-state index contributed by atoms with van der Waals surface area (Å²) in [4.78, 5) is 16.1. The number of aromatic nitrogens is 1. The van der Waals surface area contributed by atoms with Crippen molar-refractivity contribution in [2.75, 3.05) is 13.1 Å². The molecule has 1 fully saturated rings. The zero-order valence-electron chi connectivity index (χ0n) is 11.7. The number of ether oxygens (including phenoxy) is 1. The van der Waals surface area contributed by atoms with Crippen LogP contribution in [0, 0.1) is 0 Å². The van der Waals surface area contributed by atoms with Gasteiger partial charge >= 0.3 is 5.97 Å². The minimum atomic E-state index is -0.285. The summed E-state index contributed by atoms with van der Waals surface area (Å²) in [6.45, 7) is 1.64. The number of nitrogens with zero attached hydrogens (tertiary/aromatic N) is 1. The highest BCUT2D eigenvalue weighted by molar-refractivity contribution is 5.89. The first-order chi connectivity index (χ1) is 10.3. The lowest BCUT2D eigenvalue weighted by Gasteiger charge is -2.32. The van der Waals surface area contributed by atoms with Gasteiger partial charge in [-0.25, -0.2) is 4.79 Å². The Morgan fingerprint density at radius 2 is 1.90 bits per heavy atom. The Hall–Kier alpha value is -2.20. The van der Waals surface area contributed by atoms with E-state index in [-0.39, 0.29) is 18.0 Å². The molecule has 4 heteroatoms. The maximum Gasteiger partial charge on any atom is 0.338 e. The number of benzene rings is 1. The quantitative estimate of drug-likeness (QED) is 0.878. The Bertz CT molecular complexity index is 586. The monoisotopic (exact) mass is 282 g/mol. The highest BCUT2D eigenvalue weighted by atomic mass is 16.5. The van der Waals surface area contributed by atoms with Crippen LogP contribution in [-0.2, 0) is 4.74 Å². The number of esters is 1. The SMILES string of the molecule is O=C(O[C@H]1CNCCC1c1ccccc1)c1ccncc1. The van der Waals surface area contributed by atoms with Gasteiger partial charge in [0.25, 0.3) is 0 Å². The van der Waals surface area contributed by atoms with Crippen molar-refractivity contribution in [1.29, 1.82) is 0 Å². The topological polar surface area (TPSA) is 51.2 Å². The van der Waals surface area contributed by atoms with Crippen molar-refractivity contribution in [1.82, 2.24) is 10.3 Å². The summed E-state index contributed by atoms with van der Waals surface area (Å²) in [5.41, 5.74) is 1.77. The van der Waals surface area contributed by atoms with E-state index in [2.05, 4.69) is 22.4 Å². The fourth-order valence-electron chi connectivity index (χ4n) is 2.73. The molecule has 1 aliphatic heterocycles. The molecule has 0 bridgehead atoms. The maximum atomic E-state index is 12.2. The second-order valence-electron chi connectivity index (χ2n) is 5.19. The van der Waals surface area contributed by atoms with Crippen LogP contribution in [-0.4, -0.2) is 30.1 Å². The van der Waals surface area contributed by atoms with E-state index in [4.69, 9.17) is 4.74 Å². The van der Waals surface area contributed by atoms with E-state index in [0.717, 1.165) is 13.0 Å². The summed E-state index contributed by atoms with van der Waals surface area (Å²) in [5.74, 6) is -0.0368. The predicted molar refractivity (Wildman–Crippen MR) is 80.1 cm³/mol. The van der Waals surface area contributed by atoms with Crippen LogP contribution in [0.5, 0.6) is 0 Å². The highest BCUT2D eigenvalue weighted by Gasteiger charge is 2.29. The van der Waals surface area contributed by atoms with Crippen molar-refractivity contribution in [3.8, 4) is 0 Å². The van der Waals surface area contributed by atoms with E-state index in [1.165, 1.54) is 5.56 Å². The van der Waals surface area contributed by atoms with Gasteiger partial charge in [-0.15, -0.1) is 0 Å². The van der Waals surface area contributed by atoms with Gasteiger partial charge in [-0.1, -0.05) is 30.3 Å². The second kappa shape index (κ2) is 6.50. The first kappa shape index (κ1) is 13.8. The molecule has 2 aromatic rings. The van der Waals surface area contributed by atoms with Gasteiger partial charge in [-0.05, 0) is 30.7 Å². The molecule has 1 aliphatic rings. The van der Waals surface area contributed by atoms with Gasteiger partial charge < -0.3 is 10.1 Å². The van der Waals surface area contributed by atoms with Crippen molar-refractivity contribution < 1.29 is 9.53 Å². The van der Waals surface area contributed by atoms with Crippen LogP contribution in [0.2, 0.25) is 0 Å². The molecule has 0 amide bonds. The van der Waals surface area contributed by atoms with Gasteiger partial charge in [0.05, 0.1) is 5.56 Å². The van der Waals surface area contributed by atoms with Crippen molar-refractivity contribution in [2.24, 2.45) is 0 Å². The van der Waals surface area contributed by atoms with Gasteiger partial charge in [0.2, 0.25) is 0 Å². The third-order valence-corrected chi connectivity index (χ3v) is 3.83. The molecule has 0 spiro atoms. The van der Waals surface area contributed by atoms with Gasteiger partial charge in [0.1, 0.15) is 6.10 Å². The fourth-order valence-corrected chi connectivity index (χ4v) is 2.73. The number of pyridine rings is 1. The molecule has 1 N–H and O–H groups in total. The molecule has 3 rings (SSSR count). The number of carbonyl (C=O) groups is 1. The Morgan fingerprint density at radius 1 is 1.14 bits per heavy atom. The fraction of sp³-hybridized carbons (Fsp3) is 0.294. The molecule has 0 saturated carbocycles. The summed E-state index contributed by atoms with van der Waals surface area (Å²) < 4.78 is 5.72. The van der Waals surface area contributed by atoms with E-state index in [1.807, 2.05) is 18.2 Å². The summed E-state index contributed by atoms with van der Waals surface area (Å²) >= 11 is 0. The standard InChI is InChI=1S/C17H18N2O2/c20-17(14-6-9-18-10-7-14)21-16-12-19-11-8-15(16)13-4-2-1-3-5-13/h1-7,9-10,15-16,19H,8,11-12H2/t15?,16-/m0/s1. The summed E-state index contributed by atoms with van der Waals surface area (Å²) in [6.07, 6.45) is 4.04. The Kier molecular flexibility index (Phi) is 4.26. The summed E-state index contributed by atoms with van der Waals surface area (Å²) in [7, 11) is 0. The molecular weight excluding hydrogens is 264 g/mol. The number of nitrogens with one attached hydrogen (secondary N) is 1. The minimum Gasteiger partial charge on any atom is -0.457 e. The molecule has 2 heterocycles. The Morgan fingerprint density at radius 3 is 2.67 bits per heavy atom. The second-order valence-corrected chi connectivity index (χ2v) is 5.19. The summed E-state index contributed by atoms with van der Waals surface area (Å²) in [6, 6.07) is 13.6. The van der Waals surface area contributed by atoms with Gasteiger partial charge in [0.15, 0.2) is 0 Å². The van der Waals surface area contributed by atoms with Gasteiger partial charge in [-0.3, -0.25) is 4.98 Å². The number of hydrogen-bond donors (Lipinski definition) is 1. The molecule has 1 aromatic carbocycles. The first-order valence-corrected chi connectivity index (χ1v) is 7.21. The lowest BCUT2D eigenvalue weighted by Crippen LogP contribution is -2.42. The number of hydrogen-bond acceptors (Lipinski definition) is 4. The van der Waals surface area contributed by atoms with Crippen LogP contribution >= 0.6 is 0 Å². The van der Waals surface area contributed by atoms with E-state index in [9.17, 15) is 4.79 Å². The largest absolute Gasteiger partial charge is 0.457 e. The third kappa shape index (κ3) is 3.28. The van der Waals surface area contributed by atoms with E-state index in [1.54, 1.807) is 24.5 Å². The minimum absolute atomic E-state index is 0.137. The zero-order valence-corrected chi connectivity index (χ0v) is 11.7. The number of piperidine rings is 1.